The molecule has 0 spiro atoms. The highest BCUT2D eigenvalue weighted by molar-refractivity contribution is 7.17. The van der Waals surface area contributed by atoms with Crippen LogP contribution < -0.4 is 4.90 Å². The van der Waals surface area contributed by atoms with E-state index in [1.807, 2.05) is 0 Å². The Bertz CT molecular complexity index is 703. The number of nitrogens with zero attached hydrogens (tertiary/aromatic N) is 2. The van der Waals surface area contributed by atoms with Crippen LogP contribution >= 0.6 is 11.3 Å². The second-order valence-electron chi connectivity index (χ2n) is 6.03. The largest absolute Gasteiger partial charge is 0.318 e. The molecule has 0 N–H and O–H groups in total. The van der Waals surface area contributed by atoms with E-state index in [9.17, 15) is 4.79 Å². The minimum atomic E-state index is 0.525. The standard InChI is InChI=1S/C17H18N2OS/c1-11-4-7-14-13(9-11)3-2-8-19(14)17-18-16(12-5-6-12)15(10-20)21-17/h4,7,9-10,12H,2-3,5-6,8H2,1H3. The van der Waals surface area contributed by atoms with Gasteiger partial charge in [0, 0.05) is 18.2 Å². The third-order valence-electron chi connectivity index (χ3n) is 4.33. The molecule has 21 heavy (non-hydrogen) atoms. The number of carbonyl (C=O) groups excluding carboxylic acids is 1. The van der Waals surface area contributed by atoms with Crippen molar-refractivity contribution < 1.29 is 4.79 Å². The molecule has 0 radical (unpaired) electrons. The van der Waals surface area contributed by atoms with E-state index in [1.54, 1.807) is 11.3 Å². The van der Waals surface area contributed by atoms with Gasteiger partial charge in [-0.1, -0.05) is 29.0 Å². The van der Waals surface area contributed by atoms with Crippen molar-refractivity contribution in [2.45, 2.75) is 38.5 Å². The Balaban J connectivity index is 1.76. The average Bonchev–Trinajstić information content (AvgIpc) is 3.25. The molecule has 0 unspecified atom stereocenters. The molecule has 2 heterocycles. The fraction of sp³-hybridized carbons (Fsp3) is 0.412. The van der Waals surface area contributed by atoms with E-state index in [4.69, 9.17) is 4.98 Å². The fourth-order valence-corrected chi connectivity index (χ4v) is 4.11. The third kappa shape index (κ3) is 2.27. The van der Waals surface area contributed by atoms with Gasteiger partial charge in [-0.2, -0.15) is 0 Å². The molecule has 2 aromatic rings. The first-order valence-electron chi connectivity index (χ1n) is 7.59. The zero-order valence-corrected chi connectivity index (χ0v) is 12.9. The van der Waals surface area contributed by atoms with E-state index in [-0.39, 0.29) is 0 Å². The van der Waals surface area contributed by atoms with Crippen LogP contribution in [0.25, 0.3) is 0 Å². The lowest BCUT2D eigenvalue weighted by molar-refractivity contribution is 0.112. The van der Waals surface area contributed by atoms with E-state index in [1.165, 1.54) is 29.7 Å². The molecule has 0 saturated heterocycles. The number of aromatic nitrogens is 1. The molecule has 4 heteroatoms. The second kappa shape index (κ2) is 4.95. The van der Waals surface area contributed by atoms with Crippen LogP contribution in [0.3, 0.4) is 0 Å². The number of aldehydes is 1. The van der Waals surface area contributed by atoms with Crippen molar-refractivity contribution in [3.8, 4) is 0 Å². The van der Waals surface area contributed by atoms with Crippen LogP contribution in [0.4, 0.5) is 10.8 Å². The van der Waals surface area contributed by atoms with Gasteiger partial charge in [0.1, 0.15) is 0 Å². The van der Waals surface area contributed by atoms with E-state index in [0.29, 0.717) is 5.92 Å². The first-order chi connectivity index (χ1) is 10.3. The van der Waals surface area contributed by atoms with Crippen LogP contribution in [0, 0.1) is 6.92 Å². The Kier molecular flexibility index (Phi) is 3.07. The SMILES string of the molecule is Cc1ccc2c(c1)CCCN2c1nc(C2CC2)c(C=O)s1. The number of fused-ring (bicyclic) bond motifs is 1. The van der Waals surface area contributed by atoms with Crippen LogP contribution in [0.2, 0.25) is 0 Å². The summed E-state index contributed by atoms with van der Waals surface area (Å²) in [7, 11) is 0. The molecule has 1 fully saturated rings. The quantitative estimate of drug-likeness (QED) is 0.795. The molecule has 4 rings (SSSR count). The summed E-state index contributed by atoms with van der Waals surface area (Å²) in [5.41, 5.74) is 5.00. The van der Waals surface area contributed by atoms with Crippen molar-refractivity contribution >= 4 is 28.4 Å². The van der Waals surface area contributed by atoms with Crippen molar-refractivity contribution in [1.82, 2.24) is 4.98 Å². The van der Waals surface area contributed by atoms with Crippen molar-refractivity contribution in [2.75, 3.05) is 11.4 Å². The van der Waals surface area contributed by atoms with Crippen LogP contribution in [0.5, 0.6) is 0 Å². The minimum Gasteiger partial charge on any atom is -0.318 e. The molecule has 1 aliphatic heterocycles. The summed E-state index contributed by atoms with van der Waals surface area (Å²) in [4.78, 5) is 19.2. The summed E-state index contributed by atoms with van der Waals surface area (Å²) < 4.78 is 0. The van der Waals surface area contributed by atoms with Crippen molar-refractivity contribution in [3.63, 3.8) is 0 Å². The monoisotopic (exact) mass is 298 g/mol. The summed E-state index contributed by atoms with van der Waals surface area (Å²) in [6.07, 6.45) is 5.62. The molecule has 0 amide bonds. The number of hydrogen-bond acceptors (Lipinski definition) is 4. The van der Waals surface area contributed by atoms with Crippen molar-refractivity contribution in [1.29, 1.82) is 0 Å². The minimum absolute atomic E-state index is 0.525. The number of rotatable bonds is 3. The average molecular weight is 298 g/mol. The molecule has 1 aromatic heterocycles. The molecular formula is C17H18N2OS. The number of hydrogen-bond donors (Lipinski definition) is 0. The Hall–Kier alpha value is -1.68. The zero-order valence-electron chi connectivity index (χ0n) is 12.1. The molecule has 0 atom stereocenters. The highest BCUT2D eigenvalue weighted by Gasteiger charge is 2.31. The second-order valence-corrected chi connectivity index (χ2v) is 7.03. The molecule has 2 aliphatic rings. The molecular weight excluding hydrogens is 280 g/mol. The van der Waals surface area contributed by atoms with Crippen molar-refractivity contribution in [3.05, 3.63) is 39.9 Å². The molecule has 1 aromatic carbocycles. The van der Waals surface area contributed by atoms with E-state index in [2.05, 4.69) is 30.0 Å². The van der Waals surface area contributed by atoms with Gasteiger partial charge in [-0.15, -0.1) is 0 Å². The first kappa shape index (κ1) is 13.0. The van der Waals surface area contributed by atoms with E-state index in [0.717, 1.165) is 41.4 Å². The van der Waals surface area contributed by atoms with Crippen LogP contribution in [-0.4, -0.2) is 17.8 Å². The predicted octanol–water partition coefficient (Wildman–Crippen LogP) is 4.23. The lowest BCUT2D eigenvalue weighted by Crippen LogP contribution is -2.24. The molecule has 108 valence electrons. The summed E-state index contributed by atoms with van der Waals surface area (Å²) in [5.74, 6) is 0.525. The van der Waals surface area contributed by atoms with Crippen molar-refractivity contribution in [2.24, 2.45) is 0 Å². The van der Waals surface area contributed by atoms with Gasteiger partial charge in [0.2, 0.25) is 0 Å². The highest BCUT2D eigenvalue weighted by atomic mass is 32.1. The number of benzene rings is 1. The van der Waals surface area contributed by atoms with Gasteiger partial charge in [-0.3, -0.25) is 4.79 Å². The normalized spacial score (nSPS) is 17.7. The maximum Gasteiger partial charge on any atom is 0.190 e. The summed E-state index contributed by atoms with van der Waals surface area (Å²) in [5, 5.41) is 0.990. The number of carbonyl (C=O) groups is 1. The Morgan fingerprint density at radius 3 is 3.00 bits per heavy atom. The zero-order chi connectivity index (χ0) is 14.4. The molecule has 1 aliphatic carbocycles. The van der Waals surface area contributed by atoms with Crippen LogP contribution in [-0.2, 0) is 6.42 Å². The number of aryl methyl sites for hydroxylation is 2. The van der Waals surface area contributed by atoms with Gasteiger partial charge in [-0.25, -0.2) is 4.98 Å². The third-order valence-corrected chi connectivity index (χ3v) is 5.34. The lowest BCUT2D eigenvalue weighted by atomic mass is 10.00. The van der Waals surface area contributed by atoms with Gasteiger partial charge in [0.15, 0.2) is 11.4 Å². The van der Waals surface area contributed by atoms with Gasteiger partial charge in [-0.05, 0) is 44.2 Å². The van der Waals surface area contributed by atoms with Gasteiger partial charge in [0.05, 0.1) is 10.6 Å². The summed E-state index contributed by atoms with van der Waals surface area (Å²) >= 11 is 1.55. The molecule has 1 saturated carbocycles. The Morgan fingerprint density at radius 1 is 1.38 bits per heavy atom. The van der Waals surface area contributed by atoms with Gasteiger partial charge >= 0.3 is 0 Å². The number of thiazole rings is 1. The summed E-state index contributed by atoms with van der Waals surface area (Å²) in [6.45, 7) is 3.13. The topological polar surface area (TPSA) is 33.2 Å². The van der Waals surface area contributed by atoms with Crippen LogP contribution in [0.15, 0.2) is 18.2 Å². The van der Waals surface area contributed by atoms with E-state index < -0.39 is 0 Å². The smallest absolute Gasteiger partial charge is 0.190 e. The maximum absolute atomic E-state index is 11.3. The van der Waals surface area contributed by atoms with E-state index >= 15 is 0 Å². The lowest BCUT2D eigenvalue weighted by Gasteiger charge is -2.29. The molecule has 3 nitrogen and oxygen atoms in total. The van der Waals surface area contributed by atoms with Gasteiger partial charge < -0.3 is 4.90 Å². The Labute approximate surface area is 128 Å². The van der Waals surface area contributed by atoms with Crippen LogP contribution in [0.1, 0.15) is 51.7 Å². The summed E-state index contributed by atoms with van der Waals surface area (Å²) in [6, 6.07) is 6.63. The van der Waals surface area contributed by atoms with Gasteiger partial charge in [0.25, 0.3) is 0 Å². The molecule has 0 bridgehead atoms. The highest BCUT2D eigenvalue weighted by Crippen LogP contribution is 2.45. The number of anilines is 2. The fourth-order valence-electron chi connectivity index (χ4n) is 3.11. The first-order valence-corrected chi connectivity index (χ1v) is 8.41. The Morgan fingerprint density at radius 2 is 2.24 bits per heavy atom. The predicted molar refractivity (Wildman–Crippen MR) is 86.0 cm³/mol. The maximum atomic E-state index is 11.3.